The van der Waals surface area contributed by atoms with Gasteiger partial charge in [-0.15, -0.1) is 0 Å². The smallest absolute Gasteiger partial charge is 0.410 e. The van der Waals surface area contributed by atoms with Gasteiger partial charge >= 0.3 is 6.09 Å². The molecule has 0 unspecified atom stereocenters. The van der Waals surface area contributed by atoms with E-state index < -0.39 is 5.60 Å². The molecule has 0 aromatic carbocycles. The third-order valence-corrected chi connectivity index (χ3v) is 4.21. The van der Waals surface area contributed by atoms with E-state index in [1.807, 2.05) is 20.8 Å². The first-order chi connectivity index (χ1) is 11.3. The van der Waals surface area contributed by atoms with Crippen LogP contribution in [0.4, 0.5) is 4.79 Å². The monoisotopic (exact) mass is 355 g/mol. The Bertz CT molecular complexity index is 540. The molecule has 0 saturated carbocycles. The number of carbonyl (C=O) groups is 1. The molecule has 1 amide bonds. The van der Waals surface area contributed by atoms with Gasteiger partial charge in [0.1, 0.15) is 11.3 Å². The number of hydrogen-bond donors (Lipinski definition) is 0. The summed E-state index contributed by atoms with van der Waals surface area (Å²) >= 11 is 5.94. The number of halogens is 1. The second kappa shape index (κ2) is 8.62. The number of piperidine rings is 1. The summed E-state index contributed by atoms with van der Waals surface area (Å²) in [6, 6.07) is 0. The number of carbonyl (C=O) groups excluding carboxylic acids is 1. The summed E-state index contributed by atoms with van der Waals surface area (Å²) < 4.78 is 11.1. The highest BCUT2D eigenvalue weighted by molar-refractivity contribution is 6.29. The number of amides is 1. The maximum Gasteiger partial charge on any atom is 0.410 e. The highest BCUT2D eigenvalue weighted by atomic mass is 35.5. The van der Waals surface area contributed by atoms with Gasteiger partial charge in [0.15, 0.2) is 5.15 Å². The van der Waals surface area contributed by atoms with E-state index in [1.54, 1.807) is 17.3 Å². The van der Waals surface area contributed by atoms with E-state index in [0.717, 1.165) is 32.4 Å². The van der Waals surface area contributed by atoms with Crippen LogP contribution in [0.3, 0.4) is 0 Å². The molecule has 134 valence electrons. The quantitative estimate of drug-likeness (QED) is 0.754. The lowest BCUT2D eigenvalue weighted by Gasteiger charge is -2.33. The number of likely N-dealkylation sites (tertiary alicyclic amines) is 1. The standard InChI is InChI=1S/C17H26ClN3O3/c1-17(2,3)24-16(22)21-9-4-13(5-10-21)6-11-23-12-14-15(18)20-8-7-19-14/h7-8,13H,4-6,9-12H2,1-3H3. The van der Waals surface area contributed by atoms with Crippen molar-refractivity contribution in [2.24, 2.45) is 5.92 Å². The molecular formula is C17H26ClN3O3. The first kappa shape index (κ1) is 18.9. The first-order valence-electron chi connectivity index (χ1n) is 8.36. The van der Waals surface area contributed by atoms with Crippen LogP contribution >= 0.6 is 11.6 Å². The second-order valence-electron chi connectivity index (χ2n) is 7.05. The van der Waals surface area contributed by atoms with Crippen LogP contribution in [-0.4, -0.2) is 46.3 Å². The molecule has 0 bridgehead atoms. The molecule has 1 aliphatic rings. The number of rotatable bonds is 5. The van der Waals surface area contributed by atoms with E-state index in [1.165, 1.54) is 0 Å². The molecule has 2 rings (SSSR count). The van der Waals surface area contributed by atoms with Gasteiger partial charge in [0.2, 0.25) is 0 Å². The SMILES string of the molecule is CC(C)(C)OC(=O)N1CCC(CCOCc2nccnc2Cl)CC1. The molecule has 0 aliphatic carbocycles. The van der Waals surface area contributed by atoms with Gasteiger partial charge in [-0.25, -0.2) is 9.78 Å². The Hall–Kier alpha value is -1.40. The van der Waals surface area contributed by atoms with Gasteiger partial charge < -0.3 is 14.4 Å². The molecule has 1 aromatic heterocycles. The Morgan fingerprint density at radius 1 is 1.29 bits per heavy atom. The Morgan fingerprint density at radius 3 is 2.58 bits per heavy atom. The third kappa shape index (κ3) is 6.24. The maximum atomic E-state index is 12.0. The lowest BCUT2D eigenvalue weighted by atomic mass is 9.94. The van der Waals surface area contributed by atoms with E-state index in [2.05, 4.69) is 9.97 Å². The normalized spacial score (nSPS) is 16.2. The van der Waals surface area contributed by atoms with Crippen molar-refractivity contribution in [2.75, 3.05) is 19.7 Å². The van der Waals surface area contributed by atoms with E-state index >= 15 is 0 Å². The van der Waals surface area contributed by atoms with Crippen molar-refractivity contribution < 1.29 is 14.3 Å². The molecule has 0 N–H and O–H groups in total. The molecule has 0 spiro atoms. The summed E-state index contributed by atoms with van der Waals surface area (Å²) in [5.74, 6) is 0.570. The molecule has 7 heteroatoms. The molecule has 0 radical (unpaired) electrons. The summed E-state index contributed by atoms with van der Waals surface area (Å²) in [6.45, 7) is 8.19. The summed E-state index contributed by atoms with van der Waals surface area (Å²) in [6.07, 6.45) is 5.89. The first-order valence-corrected chi connectivity index (χ1v) is 8.74. The lowest BCUT2D eigenvalue weighted by molar-refractivity contribution is 0.0164. The van der Waals surface area contributed by atoms with Crippen LogP contribution in [0.5, 0.6) is 0 Å². The van der Waals surface area contributed by atoms with Crippen LogP contribution in [0.25, 0.3) is 0 Å². The van der Waals surface area contributed by atoms with Gasteiger partial charge in [0, 0.05) is 32.1 Å². The average Bonchev–Trinajstić information content (AvgIpc) is 2.52. The fourth-order valence-electron chi connectivity index (χ4n) is 2.60. The van der Waals surface area contributed by atoms with Gasteiger partial charge in [-0.1, -0.05) is 11.6 Å². The summed E-state index contributed by atoms with van der Waals surface area (Å²) in [4.78, 5) is 21.9. The molecule has 0 atom stereocenters. The molecule has 6 nitrogen and oxygen atoms in total. The van der Waals surface area contributed by atoms with E-state index in [4.69, 9.17) is 21.1 Å². The molecule has 1 saturated heterocycles. The predicted molar refractivity (Wildman–Crippen MR) is 91.8 cm³/mol. The van der Waals surface area contributed by atoms with Crippen LogP contribution in [0, 0.1) is 5.92 Å². The van der Waals surface area contributed by atoms with Crippen molar-refractivity contribution in [3.63, 3.8) is 0 Å². The van der Waals surface area contributed by atoms with Crippen molar-refractivity contribution in [3.05, 3.63) is 23.2 Å². The Labute approximate surface area is 148 Å². The minimum atomic E-state index is -0.441. The van der Waals surface area contributed by atoms with Gasteiger partial charge in [-0.05, 0) is 46.0 Å². The van der Waals surface area contributed by atoms with Gasteiger partial charge in [0.25, 0.3) is 0 Å². The lowest BCUT2D eigenvalue weighted by Crippen LogP contribution is -2.41. The molecule has 1 aromatic rings. The zero-order chi connectivity index (χ0) is 17.6. The van der Waals surface area contributed by atoms with Crippen LogP contribution in [0.2, 0.25) is 5.15 Å². The van der Waals surface area contributed by atoms with Crippen molar-refractivity contribution in [2.45, 2.75) is 52.2 Å². The second-order valence-corrected chi connectivity index (χ2v) is 7.40. The van der Waals surface area contributed by atoms with Crippen molar-refractivity contribution in [1.82, 2.24) is 14.9 Å². The Balaban J connectivity index is 1.63. The minimum absolute atomic E-state index is 0.213. The highest BCUT2D eigenvalue weighted by Crippen LogP contribution is 2.22. The Kier molecular flexibility index (Phi) is 6.80. The number of nitrogens with zero attached hydrogens (tertiary/aromatic N) is 3. The molecular weight excluding hydrogens is 330 g/mol. The predicted octanol–water partition coefficient (Wildman–Crippen LogP) is 3.68. The highest BCUT2D eigenvalue weighted by Gasteiger charge is 2.26. The number of ether oxygens (including phenoxy) is 2. The van der Waals surface area contributed by atoms with E-state index in [9.17, 15) is 4.79 Å². The molecule has 1 fully saturated rings. The third-order valence-electron chi connectivity index (χ3n) is 3.90. The van der Waals surface area contributed by atoms with E-state index in [-0.39, 0.29) is 6.09 Å². The van der Waals surface area contributed by atoms with Crippen molar-refractivity contribution >= 4 is 17.7 Å². The molecule has 24 heavy (non-hydrogen) atoms. The van der Waals surface area contributed by atoms with Crippen LogP contribution < -0.4 is 0 Å². The molecule has 2 heterocycles. The van der Waals surface area contributed by atoms with Crippen LogP contribution in [0.15, 0.2) is 12.4 Å². The van der Waals surface area contributed by atoms with Crippen LogP contribution in [-0.2, 0) is 16.1 Å². The van der Waals surface area contributed by atoms with Gasteiger partial charge in [0.05, 0.1) is 6.61 Å². The zero-order valence-electron chi connectivity index (χ0n) is 14.6. The summed E-state index contributed by atoms with van der Waals surface area (Å²) in [5, 5.41) is 0.392. The maximum absolute atomic E-state index is 12.0. The topological polar surface area (TPSA) is 64.5 Å². The van der Waals surface area contributed by atoms with Gasteiger partial charge in [-0.3, -0.25) is 4.98 Å². The fourth-order valence-corrected chi connectivity index (χ4v) is 2.76. The van der Waals surface area contributed by atoms with E-state index in [0.29, 0.717) is 30.0 Å². The van der Waals surface area contributed by atoms with Crippen LogP contribution in [0.1, 0.15) is 45.7 Å². The summed E-state index contributed by atoms with van der Waals surface area (Å²) in [5.41, 5.74) is 0.225. The Morgan fingerprint density at radius 2 is 1.96 bits per heavy atom. The largest absolute Gasteiger partial charge is 0.444 e. The molecule has 1 aliphatic heterocycles. The fraction of sp³-hybridized carbons (Fsp3) is 0.706. The van der Waals surface area contributed by atoms with Gasteiger partial charge in [-0.2, -0.15) is 0 Å². The number of hydrogen-bond acceptors (Lipinski definition) is 5. The average molecular weight is 356 g/mol. The van der Waals surface area contributed by atoms with Crippen molar-refractivity contribution in [1.29, 1.82) is 0 Å². The number of aromatic nitrogens is 2. The minimum Gasteiger partial charge on any atom is -0.444 e. The van der Waals surface area contributed by atoms with Crippen molar-refractivity contribution in [3.8, 4) is 0 Å². The zero-order valence-corrected chi connectivity index (χ0v) is 15.4. The summed E-state index contributed by atoms with van der Waals surface area (Å²) in [7, 11) is 0.